The number of carbonyl (C=O) groups is 1. The molecule has 0 bridgehead atoms. The van der Waals surface area contributed by atoms with E-state index in [0.29, 0.717) is 6.42 Å². The van der Waals surface area contributed by atoms with Crippen molar-refractivity contribution < 1.29 is 23.4 Å². The van der Waals surface area contributed by atoms with Gasteiger partial charge in [0.25, 0.3) is 0 Å². The van der Waals surface area contributed by atoms with Crippen molar-refractivity contribution in [2.75, 3.05) is 6.61 Å². The molecule has 0 spiro atoms. The Kier molecular flexibility index (Phi) is 11.2. The molecule has 0 aromatic carbocycles. The summed E-state index contributed by atoms with van der Waals surface area (Å²) in [6.45, 7) is 3.91. The number of aliphatic hydroxyl groups excluding tert-OH is 1. The summed E-state index contributed by atoms with van der Waals surface area (Å²) in [5.74, 6) is -1.79. The fourth-order valence-electron chi connectivity index (χ4n) is 2.99. The Balaban J connectivity index is 2.30. The van der Waals surface area contributed by atoms with Crippen LogP contribution < -0.4 is 0 Å². The molecule has 26 heavy (non-hydrogen) atoms. The van der Waals surface area contributed by atoms with Gasteiger partial charge in [-0.15, -0.1) is 0 Å². The fourth-order valence-corrected chi connectivity index (χ4v) is 2.99. The van der Waals surface area contributed by atoms with Crippen LogP contribution in [0.5, 0.6) is 0 Å². The molecule has 0 aliphatic rings. The Morgan fingerprint density at radius 1 is 1.12 bits per heavy atom. The molecule has 0 saturated carbocycles. The molecule has 0 aliphatic heterocycles. The number of esters is 1. The maximum absolute atomic E-state index is 14.2. The van der Waals surface area contributed by atoms with Gasteiger partial charge in [-0.05, 0) is 13.3 Å². The minimum Gasteiger partial charge on any atom is -0.461 e. The Bertz CT molecular complexity index is 519. The zero-order valence-corrected chi connectivity index (χ0v) is 16.0. The van der Waals surface area contributed by atoms with Gasteiger partial charge in [0.15, 0.2) is 11.5 Å². The van der Waals surface area contributed by atoms with E-state index in [1.54, 1.807) is 6.92 Å². The number of aromatic amines is 1. The smallest absolute Gasteiger partial charge is 0.357 e. The second kappa shape index (κ2) is 12.8. The maximum atomic E-state index is 14.2. The van der Waals surface area contributed by atoms with Crippen molar-refractivity contribution in [3.8, 4) is 0 Å². The first kappa shape index (κ1) is 22.6. The minimum atomic E-state index is -1.58. The number of rotatable bonds is 14. The molecular weight excluding hydrogens is 340 g/mol. The van der Waals surface area contributed by atoms with Crippen LogP contribution in [0.15, 0.2) is 6.20 Å². The number of unbranched alkanes of at least 4 members (excludes halogenated alkanes) is 8. The van der Waals surface area contributed by atoms with E-state index < -0.39 is 24.1 Å². The predicted octanol–water partition coefficient (Wildman–Crippen LogP) is 5.62. The number of halogens is 2. The van der Waals surface area contributed by atoms with E-state index in [0.717, 1.165) is 25.5 Å². The normalized spacial score (nSPS) is 13.6. The van der Waals surface area contributed by atoms with Crippen LogP contribution in [0.4, 0.5) is 8.78 Å². The third-order valence-corrected chi connectivity index (χ3v) is 4.57. The predicted molar refractivity (Wildman–Crippen MR) is 98.4 cm³/mol. The molecule has 0 fully saturated rings. The van der Waals surface area contributed by atoms with Crippen LogP contribution >= 0.6 is 0 Å². The summed E-state index contributed by atoms with van der Waals surface area (Å²) in [7, 11) is 0. The van der Waals surface area contributed by atoms with Gasteiger partial charge in [-0.3, -0.25) is 0 Å². The lowest BCUT2D eigenvalue weighted by Crippen LogP contribution is -2.15. The lowest BCUT2D eigenvalue weighted by Gasteiger charge is -2.14. The first-order chi connectivity index (χ1) is 12.5. The zero-order valence-electron chi connectivity index (χ0n) is 16.0. The molecule has 0 radical (unpaired) electrons. The van der Waals surface area contributed by atoms with Crippen molar-refractivity contribution in [3.63, 3.8) is 0 Å². The molecular formula is C20H33F2NO3. The molecule has 0 aliphatic carbocycles. The average Bonchev–Trinajstić information content (AvgIpc) is 3.01. The number of aromatic nitrogens is 1. The van der Waals surface area contributed by atoms with E-state index in [1.807, 2.05) is 0 Å². The largest absolute Gasteiger partial charge is 0.461 e. The number of alkyl halides is 1. The van der Waals surface area contributed by atoms with Gasteiger partial charge >= 0.3 is 5.97 Å². The third kappa shape index (κ3) is 7.44. The van der Waals surface area contributed by atoms with Crippen LogP contribution in [0, 0.1) is 5.82 Å². The van der Waals surface area contributed by atoms with Gasteiger partial charge in [0.2, 0.25) is 0 Å². The second-order valence-corrected chi connectivity index (χ2v) is 6.73. The standard InChI is InChI=1S/C20H33F2NO3/c1-3-5-6-7-8-9-10-11-12-13-16(21)19(24)15-14-23-18(17(15)22)20(25)26-4-2/h14,16,19,23-24H,3-13H2,1-2H3. The van der Waals surface area contributed by atoms with E-state index in [-0.39, 0.29) is 24.3 Å². The molecule has 0 amide bonds. The number of H-pyrrole nitrogens is 1. The minimum absolute atomic E-state index is 0.111. The maximum Gasteiger partial charge on any atom is 0.357 e. The highest BCUT2D eigenvalue weighted by Gasteiger charge is 2.28. The summed E-state index contributed by atoms with van der Waals surface area (Å²) < 4.78 is 33.1. The summed E-state index contributed by atoms with van der Waals surface area (Å²) in [4.78, 5) is 14.0. The Morgan fingerprint density at radius 3 is 2.27 bits per heavy atom. The van der Waals surface area contributed by atoms with Gasteiger partial charge in [0.1, 0.15) is 12.3 Å². The molecule has 2 atom stereocenters. The average molecular weight is 373 g/mol. The van der Waals surface area contributed by atoms with Crippen LogP contribution in [0.3, 0.4) is 0 Å². The molecule has 150 valence electrons. The van der Waals surface area contributed by atoms with E-state index >= 15 is 0 Å². The molecule has 0 saturated heterocycles. The van der Waals surface area contributed by atoms with E-state index in [2.05, 4.69) is 11.9 Å². The highest BCUT2D eigenvalue weighted by Crippen LogP contribution is 2.27. The van der Waals surface area contributed by atoms with Gasteiger partial charge in [0.05, 0.1) is 6.61 Å². The topological polar surface area (TPSA) is 62.3 Å². The number of ether oxygens (including phenoxy) is 1. The van der Waals surface area contributed by atoms with Gasteiger partial charge in [-0.25, -0.2) is 13.6 Å². The number of hydrogen-bond donors (Lipinski definition) is 2. The van der Waals surface area contributed by atoms with Crippen LogP contribution in [0.25, 0.3) is 0 Å². The Hall–Kier alpha value is -1.43. The van der Waals surface area contributed by atoms with E-state index in [1.165, 1.54) is 32.1 Å². The van der Waals surface area contributed by atoms with Crippen molar-refractivity contribution in [1.82, 2.24) is 4.98 Å². The van der Waals surface area contributed by atoms with Crippen molar-refractivity contribution in [1.29, 1.82) is 0 Å². The lowest BCUT2D eigenvalue weighted by molar-refractivity contribution is 0.0511. The Morgan fingerprint density at radius 2 is 1.69 bits per heavy atom. The van der Waals surface area contributed by atoms with Crippen LogP contribution in [-0.2, 0) is 4.74 Å². The summed E-state index contributed by atoms with van der Waals surface area (Å²) in [5.41, 5.74) is -0.604. The highest BCUT2D eigenvalue weighted by atomic mass is 19.1. The lowest BCUT2D eigenvalue weighted by atomic mass is 10.0. The summed E-state index contributed by atoms with van der Waals surface area (Å²) >= 11 is 0. The monoisotopic (exact) mass is 373 g/mol. The van der Waals surface area contributed by atoms with E-state index in [4.69, 9.17) is 4.74 Å². The Labute approximate surface area is 155 Å². The fraction of sp³-hybridized carbons (Fsp3) is 0.750. The van der Waals surface area contributed by atoms with Gasteiger partial charge in [0, 0.05) is 11.8 Å². The summed E-state index contributed by atoms with van der Waals surface area (Å²) in [6.07, 6.45) is 8.23. The SMILES string of the molecule is CCCCCCCCCCCC(F)C(O)c1c[nH]c(C(=O)OCC)c1F. The summed E-state index contributed by atoms with van der Waals surface area (Å²) in [5, 5.41) is 10.0. The molecule has 1 rings (SSSR count). The quantitative estimate of drug-likeness (QED) is 0.328. The number of hydrogen-bond acceptors (Lipinski definition) is 3. The summed E-state index contributed by atoms with van der Waals surface area (Å²) in [6, 6.07) is 0. The number of carbonyl (C=O) groups excluding carboxylic acids is 1. The van der Waals surface area contributed by atoms with Crippen molar-refractivity contribution in [3.05, 3.63) is 23.3 Å². The van der Waals surface area contributed by atoms with Gasteiger partial charge in [-0.1, -0.05) is 64.7 Å². The first-order valence-electron chi connectivity index (χ1n) is 9.88. The number of nitrogens with one attached hydrogen (secondary N) is 1. The van der Waals surface area contributed by atoms with Gasteiger partial charge in [-0.2, -0.15) is 0 Å². The molecule has 6 heteroatoms. The van der Waals surface area contributed by atoms with Crippen LogP contribution in [0.2, 0.25) is 0 Å². The van der Waals surface area contributed by atoms with Crippen molar-refractivity contribution in [2.24, 2.45) is 0 Å². The van der Waals surface area contributed by atoms with Crippen LogP contribution in [0.1, 0.15) is 100 Å². The molecule has 1 aromatic rings. The zero-order chi connectivity index (χ0) is 19.4. The van der Waals surface area contributed by atoms with E-state index in [9.17, 15) is 18.7 Å². The molecule has 1 aromatic heterocycles. The molecule has 1 heterocycles. The molecule has 2 N–H and O–H groups in total. The van der Waals surface area contributed by atoms with Crippen LogP contribution in [-0.4, -0.2) is 28.8 Å². The second-order valence-electron chi connectivity index (χ2n) is 6.73. The third-order valence-electron chi connectivity index (χ3n) is 4.57. The molecule has 4 nitrogen and oxygen atoms in total. The van der Waals surface area contributed by atoms with Crippen molar-refractivity contribution >= 4 is 5.97 Å². The first-order valence-corrected chi connectivity index (χ1v) is 9.88. The number of aliphatic hydroxyl groups is 1. The van der Waals surface area contributed by atoms with Gasteiger partial charge < -0.3 is 14.8 Å². The van der Waals surface area contributed by atoms with Crippen molar-refractivity contribution in [2.45, 2.75) is 90.3 Å². The molecule has 2 unspecified atom stereocenters. The highest BCUT2D eigenvalue weighted by molar-refractivity contribution is 5.88.